The molecule has 3 aliphatic rings. The molecule has 0 unspecified atom stereocenters. The largest absolute Gasteiger partial charge is 0.497 e. The Kier molecular flexibility index (Phi) is 6.27. The molecule has 176 valence electrons. The Hall–Kier alpha value is -3.34. The molecule has 1 N–H and O–H groups in total. The number of allylic oxidation sites excluding steroid dienone is 3. The molecule has 1 saturated carbocycles. The second-order valence-corrected chi connectivity index (χ2v) is 9.52. The lowest BCUT2D eigenvalue weighted by Crippen LogP contribution is -2.36. The predicted molar refractivity (Wildman–Crippen MR) is 130 cm³/mol. The molecular formula is C29H31NO4. The van der Waals surface area contributed by atoms with Crippen LogP contribution in [0.2, 0.25) is 0 Å². The van der Waals surface area contributed by atoms with Crippen LogP contribution in [0.15, 0.2) is 77.1 Å². The molecular weight excluding hydrogens is 426 g/mol. The maximum absolute atomic E-state index is 13.7. The van der Waals surface area contributed by atoms with E-state index in [4.69, 9.17) is 9.47 Å². The fourth-order valence-electron chi connectivity index (χ4n) is 5.65. The van der Waals surface area contributed by atoms with Crippen molar-refractivity contribution in [1.82, 2.24) is 5.32 Å². The summed E-state index contributed by atoms with van der Waals surface area (Å²) < 4.78 is 11.4. The van der Waals surface area contributed by atoms with Gasteiger partial charge >= 0.3 is 5.97 Å². The standard InChI is InChI=1S/C29H31NO4/c1-18-26(29(32)34-22-12-6-7-13-22)27(20-11-8-14-23(15-20)33-2)28-24(30-18)16-21(17-25(28)31)19-9-4-3-5-10-19/h3-5,8-11,14-15,21-22,27,30H,6-7,12-13,16-17H2,1-2H3/t21-,27-/m0/s1. The summed E-state index contributed by atoms with van der Waals surface area (Å²) in [7, 11) is 1.62. The van der Waals surface area contributed by atoms with Gasteiger partial charge in [0.15, 0.2) is 5.78 Å². The third kappa shape index (κ3) is 4.27. The van der Waals surface area contributed by atoms with E-state index in [1.54, 1.807) is 7.11 Å². The molecule has 2 aliphatic carbocycles. The average Bonchev–Trinajstić information content (AvgIpc) is 3.36. The van der Waals surface area contributed by atoms with E-state index in [-0.39, 0.29) is 23.8 Å². The summed E-state index contributed by atoms with van der Waals surface area (Å²) in [6.45, 7) is 1.92. The van der Waals surface area contributed by atoms with E-state index in [0.717, 1.165) is 54.6 Å². The lowest BCUT2D eigenvalue weighted by molar-refractivity contribution is -0.144. The van der Waals surface area contributed by atoms with Crippen molar-refractivity contribution in [3.8, 4) is 5.75 Å². The van der Waals surface area contributed by atoms with Crippen molar-refractivity contribution < 1.29 is 19.1 Å². The third-order valence-corrected chi connectivity index (χ3v) is 7.32. The maximum Gasteiger partial charge on any atom is 0.337 e. The molecule has 5 nitrogen and oxygen atoms in total. The van der Waals surface area contributed by atoms with Gasteiger partial charge in [-0.05, 0) is 68.2 Å². The summed E-state index contributed by atoms with van der Waals surface area (Å²) in [5.74, 6) is 0.100. The number of benzene rings is 2. The highest BCUT2D eigenvalue weighted by molar-refractivity contribution is 6.04. The van der Waals surface area contributed by atoms with Gasteiger partial charge in [0.2, 0.25) is 0 Å². The van der Waals surface area contributed by atoms with Crippen LogP contribution in [0, 0.1) is 0 Å². The van der Waals surface area contributed by atoms with E-state index in [1.165, 1.54) is 0 Å². The van der Waals surface area contributed by atoms with Crippen LogP contribution in [0.3, 0.4) is 0 Å². The number of hydrogen-bond acceptors (Lipinski definition) is 5. The second-order valence-electron chi connectivity index (χ2n) is 9.52. The summed E-state index contributed by atoms with van der Waals surface area (Å²) in [6, 6.07) is 17.9. The van der Waals surface area contributed by atoms with Gasteiger partial charge in [-0.1, -0.05) is 42.5 Å². The van der Waals surface area contributed by atoms with Crippen molar-refractivity contribution >= 4 is 11.8 Å². The Bertz CT molecular complexity index is 1160. The highest BCUT2D eigenvalue weighted by atomic mass is 16.5. The average molecular weight is 458 g/mol. The minimum atomic E-state index is -0.468. The van der Waals surface area contributed by atoms with Crippen molar-refractivity contribution in [2.45, 2.75) is 63.4 Å². The van der Waals surface area contributed by atoms with Crippen molar-refractivity contribution in [2.24, 2.45) is 0 Å². The number of carbonyl (C=O) groups excluding carboxylic acids is 2. The van der Waals surface area contributed by atoms with Gasteiger partial charge in [0, 0.05) is 29.3 Å². The Morgan fingerprint density at radius 3 is 2.44 bits per heavy atom. The van der Waals surface area contributed by atoms with Gasteiger partial charge in [-0.2, -0.15) is 0 Å². The van der Waals surface area contributed by atoms with Crippen LogP contribution < -0.4 is 10.1 Å². The number of esters is 1. The molecule has 5 rings (SSSR count). The molecule has 34 heavy (non-hydrogen) atoms. The first-order chi connectivity index (χ1) is 16.5. The number of methoxy groups -OCH3 is 1. The number of carbonyl (C=O) groups is 2. The SMILES string of the molecule is COc1cccc([C@H]2C(C(=O)OC3CCCC3)=C(C)NC3=C2C(=O)C[C@@H](c2ccccc2)C3)c1. The number of hydrogen-bond donors (Lipinski definition) is 1. The topological polar surface area (TPSA) is 64.6 Å². The number of dihydropyridines is 1. The van der Waals surface area contributed by atoms with E-state index in [2.05, 4.69) is 17.4 Å². The van der Waals surface area contributed by atoms with Crippen LogP contribution in [-0.2, 0) is 14.3 Å². The molecule has 1 heterocycles. The van der Waals surface area contributed by atoms with Crippen LogP contribution in [0.4, 0.5) is 0 Å². The predicted octanol–water partition coefficient (Wildman–Crippen LogP) is 5.54. The zero-order chi connectivity index (χ0) is 23.7. The second kappa shape index (κ2) is 9.49. The van der Waals surface area contributed by atoms with Gasteiger partial charge in [-0.15, -0.1) is 0 Å². The normalized spacial score (nSPS) is 22.9. The van der Waals surface area contributed by atoms with Gasteiger partial charge in [-0.3, -0.25) is 4.79 Å². The molecule has 0 bridgehead atoms. The maximum atomic E-state index is 13.7. The minimum absolute atomic E-state index is 0.0429. The molecule has 1 fully saturated rings. The zero-order valence-corrected chi connectivity index (χ0v) is 19.8. The van der Waals surface area contributed by atoms with E-state index in [9.17, 15) is 9.59 Å². The monoisotopic (exact) mass is 457 g/mol. The Balaban J connectivity index is 1.56. The summed E-state index contributed by atoms with van der Waals surface area (Å²) >= 11 is 0. The fraction of sp³-hybridized carbons (Fsp3) is 0.379. The molecule has 2 atom stereocenters. The fourth-order valence-corrected chi connectivity index (χ4v) is 5.65. The summed E-state index contributed by atoms with van der Waals surface area (Å²) in [5, 5.41) is 3.44. The van der Waals surface area contributed by atoms with Crippen molar-refractivity contribution in [3.63, 3.8) is 0 Å². The first-order valence-corrected chi connectivity index (χ1v) is 12.2. The van der Waals surface area contributed by atoms with Gasteiger partial charge in [-0.25, -0.2) is 4.79 Å². The van der Waals surface area contributed by atoms with Crippen molar-refractivity contribution in [2.75, 3.05) is 7.11 Å². The molecule has 0 amide bonds. The molecule has 1 aliphatic heterocycles. The van der Waals surface area contributed by atoms with Gasteiger partial charge in [0.25, 0.3) is 0 Å². The molecule has 2 aromatic rings. The van der Waals surface area contributed by atoms with Crippen LogP contribution in [0.5, 0.6) is 5.75 Å². The molecule has 2 aromatic carbocycles. The highest BCUT2D eigenvalue weighted by Crippen LogP contribution is 2.46. The van der Waals surface area contributed by atoms with Crippen molar-refractivity contribution in [3.05, 3.63) is 88.3 Å². The Morgan fingerprint density at radius 1 is 0.971 bits per heavy atom. The van der Waals surface area contributed by atoms with E-state index in [0.29, 0.717) is 23.3 Å². The van der Waals surface area contributed by atoms with Crippen LogP contribution in [0.1, 0.15) is 68.4 Å². The Morgan fingerprint density at radius 2 is 1.71 bits per heavy atom. The number of rotatable bonds is 5. The number of Topliss-reactive ketones (excluding diaryl/α,β-unsaturated/α-hetero) is 1. The van der Waals surface area contributed by atoms with Gasteiger partial charge in [0.1, 0.15) is 11.9 Å². The number of nitrogens with one attached hydrogen (secondary N) is 1. The van der Waals surface area contributed by atoms with Crippen LogP contribution in [-0.4, -0.2) is 25.0 Å². The van der Waals surface area contributed by atoms with Crippen LogP contribution in [0.25, 0.3) is 0 Å². The smallest absolute Gasteiger partial charge is 0.337 e. The Labute approximate surface area is 200 Å². The summed E-state index contributed by atoms with van der Waals surface area (Å²) in [5.41, 5.74) is 4.92. The zero-order valence-electron chi connectivity index (χ0n) is 19.8. The van der Waals surface area contributed by atoms with E-state index in [1.807, 2.05) is 49.4 Å². The van der Waals surface area contributed by atoms with Crippen LogP contribution >= 0.6 is 0 Å². The summed E-state index contributed by atoms with van der Waals surface area (Å²) in [6.07, 6.45) is 5.09. The van der Waals surface area contributed by atoms with E-state index < -0.39 is 5.92 Å². The molecule has 5 heteroatoms. The van der Waals surface area contributed by atoms with E-state index >= 15 is 0 Å². The lowest BCUT2D eigenvalue weighted by Gasteiger charge is -2.37. The molecule has 0 radical (unpaired) electrons. The first-order valence-electron chi connectivity index (χ1n) is 12.2. The molecule has 0 aromatic heterocycles. The lowest BCUT2D eigenvalue weighted by atomic mass is 9.71. The quantitative estimate of drug-likeness (QED) is 0.597. The number of ketones is 1. The molecule has 0 saturated heterocycles. The minimum Gasteiger partial charge on any atom is -0.497 e. The first kappa shape index (κ1) is 22.5. The molecule has 0 spiro atoms. The third-order valence-electron chi connectivity index (χ3n) is 7.32. The summed E-state index contributed by atoms with van der Waals surface area (Å²) in [4.78, 5) is 27.2. The van der Waals surface area contributed by atoms with Crippen molar-refractivity contribution in [1.29, 1.82) is 0 Å². The van der Waals surface area contributed by atoms with Gasteiger partial charge < -0.3 is 14.8 Å². The highest BCUT2D eigenvalue weighted by Gasteiger charge is 2.42. The number of ether oxygens (including phenoxy) is 2. The van der Waals surface area contributed by atoms with Gasteiger partial charge in [0.05, 0.1) is 12.7 Å².